The van der Waals surface area contributed by atoms with Crippen molar-refractivity contribution in [3.63, 3.8) is 0 Å². The number of rotatable bonds is 8. The third-order valence-electron chi connectivity index (χ3n) is 3.59. The largest absolute Gasteiger partial charge is 0.484 e. The van der Waals surface area contributed by atoms with Gasteiger partial charge in [-0.25, -0.2) is 9.59 Å². The van der Waals surface area contributed by atoms with Crippen LogP contribution in [0.15, 0.2) is 45.6 Å². The molecule has 0 bridgehead atoms. The predicted molar refractivity (Wildman–Crippen MR) is 91.9 cm³/mol. The Kier molecular flexibility index (Phi) is 6.77. The lowest BCUT2D eigenvalue weighted by Crippen LogP contribution is -2.22. The number of methoxy groups -OCH3 is 1. The van der Waals surface area contributed by atoms with E-state index in [2.05, 4.69) is 4.74 Å². The van der Waals surface area contributed by atoms with Crippen LogP contribution in [0.2, 0.25) is 0 Å². The minimum atomic E-state index is -0.699. The van der Waals surface area contributed by atoms with Gasteiger partial charge < -0.3 is 18.6 Å². The van der Waals surface area contributed by atoms with Gasteiger partial charge in [0.05, 0.1) is 19.8 Å². The second-order valence-corrected chi connectivity index (χ2v) is 5.52. The molecule has 0 amide bonds. The Labute approximate surface area is 146 Å². The van der Waals surface area contributed by atoms with E-state index in [0.717, 1.165) is 5.56 Å². The summed E-state index contributed by atoms with van der Waals surface area (Å²) in [6.07, 6.45) is 0.300. The van der Waals surface area contributed by atoms with E-state index in [0.29, 0.717) is 18.6 Å². The fraction of sp³-hybridized carbons (Fsp3) is 0.368. The Morgan fingerprint density at radius 2 is 1.96 bits per heavy atom. The Bertz CT molecular complexity index is 750. The standard InChI is InChI=1S/C19H22O6/c1-4-15-10-16(18(20)22-3)25-19(21)17(15)24-11-13(2)23-12-14-8-6-5-7-9-14/h5-10,13H,4,11-12H2,1-3H3/t13-/m1/s1. The number of ether oxygens (including phenoxy) is 3. The molecule has 0 unspecified atom stereocenters. The molecule has 0 fully saturated rings. The zero-order valence-corrected chi connectivity index (χ0v) is 14.6. The average molecular weight is 346 g/mol. The zero-order chi connectivity index (χ0) is 18.2. The van der Waals surface area contributed by atoms with Crippen LogP contribution in [-0.4, -0.2) is 25.8 Å². The Morgan fingerprint density at radius 1 is 1.24 bits per heavy atom. The van der Waals surface area contributed by atoms with Gasteiger partial charge in [-0.3, -0.25) is 0 Å². The minimum Gasteiger partial charge on any atom is -0.484 e. The molecule has 6 nitrogen and oxygen atoms in total. The van der Waals surface area contributed by atoms with Crippen LogP contribution in [0.3, 0.4) is 0 Å². The van der Waals surface area contributed by atoms with E-state index in [4.69, 9.17) is 13.9 Å². The SMILES string of the molecule is CCc1cc(C(=O)OC)oc(=O)c1OC[C@@H](C)OCc1ccccc1. The number of carbonyl (C=O) groups excluding carboxylic acids is 1. The first-order valence-corrected chi connectivity index (χ1v) is 8.08. The van der Waals surface area contributed by atoms with E-state index >= 15 is 0 Å². The molecule has 0 aliphatic carbocycles. The van der Waals surface area contributed by atoms with Gasteiger partial charge in [-0.2, -0.15) is 0 Å². The molecule has 134 valence electrons. The van der Waals surface area contributed by atoms with Crippen molar-refractivity contribution in [1.82, 2.24) is 0 Å². The topological polar surface area (TPSA) is 75.0 Å². The monoisotopic (exact) mass is 346 g/mol. The molecule has 0 aliphatic rings. The highest BCUT2D eigenvalue weighted by molar-refractivity contribution is 5.86. The predicted octanol–water partition coefficient (Wildman–Crippen LogP) is 2.97. The summed E-state index contributed by atoms with van der Waals surface area (Å²) < 4.78 is 20.8. The summed E-state index contributed by atoms with van der Waals surface area (Å²) >= 11 is 0. The first-order valence-electron chi connectivity index (χ1n) is 8.08. The normalized spacial score (nSPS) is 11.8. The van der Waals surface area contributed by atoms with Crippen LogP contribution < -0.4 is 10.4 Å². The van der Waals surface area contributed by atoms with Crippen molar-refractivity contribution < 1.29 is 23.4 Å². The van der Waals surface area contributed by atoms with Gasteiger partial charge in [0.2, 0.25) is 11.5 Å². The minimum absolute atomic E-state index is 0.102. The van der Waals surface area contributed by atoms with Crippen molar-refractivity contribution in [2.24, 2.45) is 0 Å². The van der Waals surface area contributed by atoms with Gasteiger partial charge in [-0.1, -0.05) is 37.3 Å². The van der Waals surface area contributed by atoms with Gasteiger partial charge >= 0.3 is 11.6 Å². The first kappa shape index (κ1) is 18.7. The van der Waals surface area contributed by atoms with E-state index in [1.807, 2.05) is 44.2 Å². The summed E-state index contributed by atoms with van der Waals surface area (Å²) in [5, 5.41) is 0. The first-order chi connectivity index (χ1) is 12.0. The maximum absolute atomic E-state index is 12.1. The Morgan fingerprint density at radius 3 is 2.60 bits per heavy atom. The number of esters is 1. The maximum atomic E-state index is 12.1. The van der Waals surface area contributed by atoms with Crippen molar-refractivity contribution in [2.45, 2.75) is 33.0 Å². The van der Waals surface area contributed by atoms with Crippen LogP contribution in [0.1, 0.15) is 35.5 Å². The van der Waals surface area contributed by atoms with Gasteiger partial charge in [0.25, 0.3) is 0 Å². The van der Waals surface area contributed by atoms with Gasteiger partial charge in [0.1, 0.15) is 6.61 Å². The molecule has 0 saturated heterocycles. The molecule has 1 heterocycles. The third-order valence-corrected chi connectivity index (χ3v) is 3.59. The van der Waals surface area contributed by atoms with Gasteiger partial charge in [-0.15, -0.1) is 0 Å². The van der Waals surface area contributed by atoms with Crippen molar-refractivity contribution >= 4 is 5.97 Å². The quantitative estimate of drug-likeness (QED) is 0.684. The van der Waals surface area contributed by atoms with Crippen LogP contribution in [0.25, 0.3) is 0 Å². The Hall–Kier alpha value is -2.60. The molecule has 0 aliphatic heterocycles. The molecule has 0 spiro atoms. The summed E-state index contributed by atoms with van der Waals surface area (Å²) in [5.74, 6) is -0.728. The Balaban J connectivity index is 1.99. The van der Waals surface area contributed by atoms with E-state index < -0.39 is 11.6 Å². The lowest BCUT2D eigenvalue weighted by molar-refractivity contribution is 0.0201. The number of aryl methyl sites for hydroxylation is 1. The average Bonchev–Trinajstić information content (AvgIpc) is 2.64. The summed E-state index contributed by atoms with van der Waals surface area (Å²) in [5.41, 5.74) is 0.951. The highest BCUT2D eigenvalue weighted by Crippen LogP contribution is 2.17. The highest BCUT2D eigenvalue weighted by atomic mass is 16.6. The van der Waals surface area contributed by atoms with E-state index in [9.17, 15) is 9.59 Å². The van der Waals surface area contributed by atoms with E-state index in [-0.39, 0.29) is 24.2 Å². The van der Waals surface area contributed by atoms with Crippen LogP contribution >= 0.6 is 0 Å². The second kappa shape index (κ2) is 9.03. The third kappa shape index (κ3) is 5.19. The molecule has 1 aromatic carbocycles. The highest BCUT2D eigenvalue weighted by Gasteiger charge is 2.18. The molecule has 2 aromatic rings. The number of hydrogen-bond donors (Lipinski definition) is 0. The molecule has 1 atom stereocenters. The molecule has 25 heavy (non-hydrogen) atoms. The van der Waals surface area contributed by atoms with Gasteiger partial charge in [0.15, 0.2) is 0 Å². The van der Waals surface area contributed by atoms with Gasteiger partial charge in [0, 0.05) is 5.56 Å². The van der Waals surface area contributed by atoms with Crippen molar-refractivity contribution in [3.8, 4) is 5.75 Å². The fourth-order valence-corrected chi connectivity index (χ4v) is 2.21. The molecular weight excluding hydrogens is 324 g/mol. The van der Waals surface area contributed by atoms with Crippen molar-refractivity contribution in [3.05, 3.63) is 63.7 Å². The van der Waals surface area contributed by atoms with Crippen LogP contribution in [0.4, 0.5) is 0 Å². The number of hydrogen-bond acceptors (Lipinski definition) is 6. The van der Waals surface area contributed by atoms with Crippen LogP contribution in [0, 0.1) is 0 Å². The fourth-order valence-electron chi connectivity index (χ4n) is 2.21. The van der Waals surface area contributed by atoms with Crippen molar-refractivity contribution in [1.29, 1.82) is 0 Å². The van der Waals surface area contributed by atoms with Crippen LogP contribution in [0.5, 0.6) is 5.75 Å². The van der Waals surface area contributed by atoms with Crippen LogP contribution in [-0.2, 0) is 22.5 Å². The van der Waals surface area contributed by atoms with E-state index in [1.165, 1.54) is 13.2 Å². The van der Waals surface area contributed by atoms with Crippen molar-refractivity contribution in [2.75, 3.05) is 13.7 Å². The van der Waals surface area contributed by atoms with E-state index in [1.54, 1.807) is 0 Å². The summed E-state index contributed by atoms with van der Waals surface area (Å²) in [4.78, 5) is 23.6. The molecule has 2 rings (SSSR count). The molecule has 0 radical (unpaired) electrons. The summed E-state index contributed by atoms with van der Waals surface area (Å²) in [7, 11) is 1.23. The van der Waals surface area contributed by atoms with Gasteiger partial charge in [-0.05, 0) is 25.0 Å². The lowest BCUT2D eigenvalue weighted by atomic mass is 10.2. The number of benzene rings is 1. The molecule has 0 saturated carbocycles. The maximum Gasteiger partial charge on any atom is 0.379 e. The molecule has 0 N–H and O–H groups in total. The smallest absolute Gasteiger partial charge is 0.379 e. The molecule has 6 heteroatoms. The lowest BCUT2D eigenvalue weighted by Gasteiger charge is -2.15. The summed E-state index contributed by atoms with van der Waals surface area (Å²) in [6, 6.07) is 11.3. The summed E-state index contributed by atoms with van der Waals surface area (Å²) in [6.45, 7) is 4.38. The zero-order valence-electron chi connectivity index (χ0n) is 14.6. The molecule has 1 aromatic heterocycles. The number of carbonyl (C=O) groups is 1. The second-order valence-electron chi connectivity index (χ2n) is 5.52. The molecular formula is C19H22O6.